The highest BCUT2D eigenvalue weighted by Crippen LogP contribution is 2.20. The van der Waals surface area contributed by atoms with E-state index >= 15 is 0 Å². The number of amides is 1. The van der Waals surface area contributed by atoms with Crippen LogP contribution < -0.4 is 5.32 Å². The average Bonchev–Trinajstić information content (AvgIpc) is 2.34. The zero-order chi connectivity index (χ0) is 15.3. The molecule has 2 atom stereocenters. The highest BCUT2D eigenvalue weighted by molar-refractivity contribution is 5.68. The fourth-order valence-corrected chi connectivity index (χ4v) is 2.18. The Balaban J connectivity index is 2.55. The van der Waals surface area contributed by atoms with Gasteiger partial charge in [0.2, 0.25) is 0 Å². The van der Waals surface area contributed by atoms with Gasteiger partial charge in [-0.25, -0.2) is 13.6 Å². The number of alkyl halides is 2. The predicted octanol–water partition coefficient (Wildman–Crippen LogP) is 3.02. The number of rotatable bonds is 4. The summed E-state index contributed by atoms with van der Waals surface area (Å²) < 4.78 is 30.4. The molecular formula is C14H26F2N2O2. The number of halogens is 2. The maximum Gasteiger partial charge on any atom is 0.410 e. The molecule has 1 N–H and O–H groups in total. The lowest BCUT2D eigenvalue weighted by molar-refractivity contribution is 0.00875. The first-order valence-corrected chi connectivity index (χ1v) is 7.22. The molecule has 1 aliphatic rings. The minimum absolute atomic E-state index is 0.0696. The molecule has 1 rings (SSSR count). The van der Waals surface area contributed by atoms with Crippen molar-refractivity contribution >= 4 is 6.09 Å². The Hall–Kier alpha value is -0.910. The molecule has 0 spiro atoms. The van der Waals surface area contributed by atoms with Gasteiger partial charge in [0.15, 0.2) is 0 Å². The zero-order valence-electron chi connectivity index (χ0n) is 12.8. The third-order valence-corrected chi connectivity index (χ3v) is 3.31. The van der Waals surface area contributed by atoms with Gasteiger partial charge in [-0.2, -0.15) is 0 Å². The molecule has 1 heterocycles. The Morgan fingerprint density at radius 1 is 1.40 bits per heavy atom. The summed E-state index contributed by atoms with van der Waals surface area (Å²) in [6.07, 6.45) is 0.0131. The summed E-state index contributed by atoms with van der Waals surface area (Å²) in [6, 6.07) is -0.933. The van der Waals surface area contributed by atoms with Crippen molar-refractivity contribution in [3.05, 3.63) is 0 Å². The fraction of sp³-hybridized carbons (Fsp3) is 0.929. The average molecular weight is 292 g/mol. The van der Waals surface area contributed by atoms with E-state index in [0.29, 0.717) is 13.1 Å². The maximum absolute atomic E-state index is 12.5. The molecule has 0 aromatic rings. The van der Waals surface area contributed by atoms with Gasteiger partial charge in [-0.05, 0) is 47.0 Å². The Morgan fingerprint density at radius 3 is 2.60 bits per heavy atom. The van der Waals surface area contributed by atoms with Crippen LogP contribution in [-0.2, 0) is 4.74 Å². The van der Waals surface area contributed by atoms with Gasteiger partial charge in [-0.15, -0.1) is 0 Å². The Kier molecular flexibility index (Phi) is 6.17. The van der Waals surface area contributed by atoms with E-state index in [1.807, 2.05) is 20.8 Å². The van der Waals surface area contributed by atoms with Crippen molar-refractivity contribution in [3.8, 4) is 0 Å². The number of nitrogens with zero attached hydrogens (tertiary/aromatic N) is 1. The minimum Gasteiger partial charge on any atom is -0.444 e. The van der Waals surface area contributed by atoms with Crippen LogP contribution in [0.3, 0.4) is 0 Å². The van der Waals surface area contributed by atoms with Gasteiger partial charge >= 0.3 is 6.09 Å². The van der Waals surface area contributed by atoms with Crippen molar-refractivity contribution in [3.63, 3.8) is 0 Å². The van der Waals surface area contributed by atoms with Crippen LogP contribution in [0, 0.1) is 0 Å². The van der Waals surface area contributed by atoms with Crippen molar-refractivity contribution in [1.82, 2.24) is 10.2 Å². The normalized spacial score (nSPS) is 21.9. The second-order valence-corrected chi connectivity index (χ2v) is 6.35. The first-order valence-electron chi connectivity index (χ1n) is 7.22. The summed E-state index contributed by atoms with van der Waals surface area (Å²) in [5, 5.41) is 2.80. The summed E-state index contributed by atoms with van der Waals surface area (Å²) in [5.41, 5.74) is -0.539. The molecule has 0 aromatic heterocycles. The SMILES string of the molecule is CC(NCC1CCCCN1C(=O)OC(C)(C)C)C(F)F. The Morgan fingerprint density at radius 2 is 2.05 bits per heavy atom. The molecular weight excluding hydrogens is 266 g/mol. The van der Waals surface area contributed by atoms with Crippen molar-refractivity contribution in [2.75, 3.05) is 13.1 Å². The van der Waals surface area contributed by atoms with E-state index in [0.717, 1.165) is 19.3 Å². The molecule has 1 fully saturated rings. The van der Waals surface area contributed by atoms with E-state index in [-0.39, 0.29) is 12.1 Å². The summed E-state index contributed by atoms with van der Waals surface area (Å²) in [4.78, 5) is 13.8. The number of nitrogens with one attached hydrogen (secondary N) is 1. The van der Waals surface area contributed by atoms with Gasteiger partial charge in [-0.1, -0.05) is 0 Å². The smallest absolute Gasteiger partial charge is 0.410 e. The molecule has 1 aliphatic heterocycles. The van der Waals surface area contributed by atoms with E-state index in [2.05, 4.69) is 5.32 Å². The molecule has 0 bridgehead atoms. The molecule has 1 saturated heterocycles. The predicted molar refractivity (Wildman–Crippen MR) is 74.0 cm³/mol. The van der Waals surface area contributed by atoms with Crippen molar-refractivity contribution in [2.45, 2.75) is 71.1 Å². The van der Waals surface area contributed by atoms with Gasteiger partial charge in [0.05, 0.1) is 6.04 Å². The van der Waals surface area contributed by atoms with Crippen LogP contribution in [0.4, 0.5) is 13.6 Å². The van der Waals surface area contributed by atoms with Gasteiger partial charge in [0, 0.05) is 19.1 Å². The number of carbonyl (C=O) groups excluding carboxylic acids is 1. The number of hydrogen-bond donors (Lipinski definition) is 1. The standard InChI is InChI=1S/C14H26F2N2O2/c1-10(12(15)16)17-9-11-7-5-6-8-18(11)13(19)20-14(2,3)4/h10-12,17H,5-9H2,1-4H3. The highest BCUT2D eigenvalue weighted by atomic mass is 19.3. The van der Waals surface area contributed by atoms with Crippen LogP contribution in [0.15, 0.2) is 0 Å². The van der Waals surface area contributed by atoms with Crippen LogP contribution in [-0.4, -0.2) is 48.2 Å². The second-order valence-electron chi connectivity index (χ2n) is 6.35. The molecule has 1 amide bonds. The first kappa shape index (κ1) is 17.1. The summed E-state index contributed by atoms with van der Waals surface area (Å²) in [6.45, 7) is 7.92. The molecule has 4 nitrogen and oxygen atoms in total. The number of ether oxygens (including phenoxy) is 1. The van der Waals surface area contributed by atoms with Gasteiger partial charge < -0.3 is 15.0 Å². The van der Waals surface area contributed by atoms with Crippen LogP contribution in [0.25, 0.3) is 0 Å². The molecule has 0 aliphatic carbocycles. The number of hydrogen-bond acceptors (Lipinski definition) is 3. The van der Waals surface area contributed by atoms with Crippen LogP contribution in [0.1, 0.15) is 47.0 Å². The van der Waals surface area contributed by atoms with Crippen LogP contribution in [0.2, 0.25) is 0 Å². The van der Waals surface area contributed by atoms with E-state index in [1.165, 1.54) is 6.92 Å². The lowest BCUT2D eigenvalue weighted by Crippen LogP contribution is -2.51. The molecule has 0 saturated carbocycles. The molecule has 6 heteroatoms. The summed E-state index contributed by atoms with van der Waals surface area (Å²) in [5.74, 6) is 0. The van der Waals surface area contributed by atoms with Crippen LogP contribution in [0.5, 0.6) is 0 Å². The number of likely N-dealkylation sites (tertiary alicyclic amines) is 1. The van der Waals surface area contributed by atoms with E-state index in [9.17, 15) is 13.6 Å². The zero-order valence-corrected chi connectivity index (χ0v) is 12.8. The number of piperidine rings is 1. The largest absolute Gasteiger partial charge is 0.444 e. The highest BCUT2D eigenvalue weighted by Gasteiger charge is 2.30. The molecule has 0 aromatic carbocycles. The summed E-state index contributed by atoms with van der Waals surface area (Å²) >= 11 is 0. The Bertz CT molecular complexity index is 319. The second kappa shape index (κ2) is 7.20. The Labute approximate surface area is 119 Å². The van der Waals surface area contributed by atoms with E-state index < -0.39 is 18.1 Å². The molecule has 2 unspecified atom stereocenters. The first-order chi connectivity index (χ1) is 9.20. The van der Waals surface area contributed by atoms with Gasteiger partial charge in [0.25, 0.3) is 6.43 Å². The van der Waals surface area contributed by atoms with Crippen LogP contribution >= 0.6 is 0 Å². The van der Waals surface area contributed by atoms with E-state index in [4.69, 9.17) is 4.74 Å². The third-order valence-electron chi connectivity index (χ3n) is 3.31. The maximum atomic E-state index is 12.5. The lowest BCUT2D eigenvalue weighted by Gasteiger charge is -2.37. The van der Waals surface area contributed by atoms with Crippen molar-refractivity contribution in [1.29, 1.82) is 0 Å². The third kappa shape index (κ3) is 5.61. The molecule has 20 heavy (non-hydrogen) atoms. The monoisotopic (exact) mass is 292 g/mol. The van der Waals surface area contributed by atoms with Gasteiger partial charge in [0.1, 0.15) is 5.60 Å². The topological polar surface area (TPSA) is 41.6 Å². The lowest BCUT2D eigenvalue weighted by atomic mass is 10.0. The minimum atomic E-state index is -2.39. The molecule has 0 radical (unpaired) electrons. The van der Waals surface area contributed by atoms with Crippen molar-refractivity contribution < 1.29 is 18.3 Å². The quantitative estimate of drug-likeness (QED) is 0.866. The van der Waals surface area contributed by atoms with Gasteiger partial charge in [-0.3, -0.25) is 0 Å². The fourth-order valence-electron chi connectivity index (χ4n) is 2.18. The molecule has 118 valence electrons. The van der Waals surface area contributed by atoms with E-state index in [1.54, 1.807) is 4.90 Å². The van der Waals surface area contributed by atoms with Crippen molar-refractivity contribution in [2.24, 2.45) is 0 Å². The summed E-state index contributed by atoms with van der Waals surface area (Å²) in [7, 11) is 0. The number of carbonyl (C=O) groups is 1.